The number of nitrogen functional groups attached to an aromatic ring is 1. The summed E-state index contributed by atoms with van der Waals surface area (Å²) in [6.07, 6.45) is 4.12. The molecule has 3 nitrogen and oxygen atoms in total. The minimum atomic E-state index is 0.420. The third kappa shape index (κ3) is 1.60. The van der Waals surface area contributed by atoms with Crippen LogP contribution in [0.4, 0.5) is 5.82 Å². The van der Waals surface area contributed by atoms with Gasteiger partial charge in [0.15, 0.2) is 0 Å². The van der Waals surface area contributed by atoms with E-state index in [9.17, 15) is 0 Å². The Hall–Kier alpha value is -0.990. The summed E-state index contributed by atoms with van der Waals surface area (Å²) in [4.78, 5) is 0. The van der Waals surface area contributed by atoms with Crippen molar-refractivity contribution in [2.45, 2.75) is 39.7 Å². The first-order valence-corrected chi connectivity index (χ1v) is 4.46. The van der Waals surface area contributed by atoms with Gasteiger partial charge in [0.2, 0.25) is 0 Å². The fourth-order valence-corrected chi connectivity index (χ4v) is 1.35. The Balaban J connectivity index is 2.80. The first-order valence-electron chi connectivity index (χ1n) is 4.46. The van der Waals surface area contributed by atoms with Crippen LogP contribution in [0.5, 0.6) is 0 Å². The van der Waals surface area contributed by atoms with Gasteiger partial charge in [-0.25, -0.2) is 4.68 Å². The Morgan fingerprint density at radius 2 is 2.33 bits per heavy atom. The minimum Gasteiger partial charge on any atom is -0.384 e. The molecule has 0 aromatic carbocycles. The van der Waals surface area contributed by atoms with Gasteiger partial charge in [-0.3, -0.25) is 0 Å². The van der Waals surface area contributed by atoms with Crippen LogP contribution in [-0.2, 0) is 0 Å². The quantitative estimate of drug-likeness (QED) is 0.749. The molecule has 1 heterocycles. The maximum atomic E-state index is 5.83. The van der Waals surface area contributed by atoms with Crippen molar-refractivity contribution < 1.29 is 0 Å². The molecule has 0 saturated heterocycles. The van der Waals surface area contributed by atoms with Gasteiger partial charge >= 0.3 is 0 Å². The molecule has 0 spiro atoms. The molecule has 0 amide bonds. The van der Waals surface area contributed by atoms with Gasteiger partial charge in [0.25, 0.3) is 0 Å². The highest BCUT2D eigenvalue weighted by Gasteiger charge is 2.08. The fraction of sp³-hybridized carbons (Fsp3) is 0.667. The molecule has 0 aliphatic rings. The molecule has 3 heteroatoms. The smallest absolute Gasteiger partial charge is 0.124 e. The van der Waals surface area contributed by atoms with Crippen LogP contribution in [0.1, 0.15) is 38.3 Å². The predicted molar refractivity (Wildman–Crippen MR) is 51.0 cm³/mol. The third-order valence-electron chi connectivity index (χ3n) is 2.15. The fourth-order valence-electron chi connectivity index (χ4n) is 1.35. The van der Waals surface area contributed by atoms with Crippen molar-refractivity contribution in [3.8, 4) is 0 Å². The Morgan fingerprint density at radius 1 is 1.67 bits per heavy atom. The highest BCUT2D eigenvalue weighted by molar-refractivity contribution is 5.37. The standard InChI is InChI=1S/C9H17N3/c1-4-5-8(3)12-9(10)7(2)6-11-12/h6,8H,4-5,10H2,1-3H3. The lowest BCUT2D eigenvalue weighted by molar-refractivity contribution is 0.461. The number of hydrogen-bond donors (Lipinski definition) is 1. The van der Waals surface area contributed by atoms with E-state index in [1.165, 1.54) is 6.42 Å². The van der Waals surface area contributed by atoms with Crippen molar-refractivity contribution in [3.63, 3.8) is 0 Å². The van der Waals surface area contributed by atoms with Gasteiger partial charge in [-0.05, 0) is 20.3 Å². The molecule has 0 saturated carbocycles. The number of hydrogen-bond acceptors (Lipinski definition) is 2. The number of rotatable bonds is 3. The lowest BCUT2D eigenvalue weighted by Crippen LogP contribution is -2.10. The van der Waals surface area contributed by atoms with Crippen molar-refractivity contribution in [1.29, 1.82) is 0 Å². The molecule has 1 atom stereocenters. The Morgan fingerprint density at radius 3 is 2.75 bits per heavy atom. The molecule has 0 fully saturated rings. The summed E-state index contributed by atoms with van der Waals surface area (Å²) in [5.74, 6) is 0.802. The van der Waals surface area contributed by atoms with Crippen LogP contribution in [-0.4, -0.2) is 9.78 Å². The first-order chi connectivity index (χ1) is 5.66. The van der Waals surface area contributed by atoms with Gasteiger partial charge in [0.1, 0.15) is 5.82 Å². The highest BCUT2D eigenvalue weighted by Crippen LogP contribution is 2.18. The molecule has 1 aromatic heterocycles. The largest absolute Gasteiger partial charge is 0.384 e. The van der Waals surface area contributed by atoms with Gasteiger partial charge in [-0.15, -0.1) is 0 Å². The summed E-state index contributed by atoms with van der Waals surface area (Å²) in [5, 5.41) is 4.23. The van der Waals surface area contributed by atoms with E-state index in [4.69, 9.17) is 5.73 Å². The second kappa shape index (κ2) is 3.61. The van der Waals surface area contributed by atoms with Crippen LogP contribution in [0.15, 0.2) is 6.20 Å². The van der Waals surface area contributed by atoms with Crippen molar-refractivity contribution >= 4 is 5.82 Å². The van der Waals surface area contributed by atoms with Crippen LogP contribution in [0, 0.1) is 6.92 Å². The number of anilines is 1. The van der Waals surface area contributed by atoms with Crippen LogP contribution < -0.4 is 5.73 Å². The van der Waals surface area contributed by atoms with E-state index in [-0.39, 0.29) is 0 Å². The number of aromatic nitrogens is 2. The molecule has 1 unspecified atom stereocenters. The number of aryl methyl sites for hydroxylation is 1. The Labute approximate surface area is 73.6 Å². The molecular formula is C9H17N3. The Kier molecular flexibility index (Phi) is 2.74. The lowest BCUT2D eigenvalue weighted by Gasteiger charge is -2.12. The third-order valence-corrected chi connectivity index (χ3v) is 2.15. The predicted octanol–water partition coefficient (Wildman–Crippen LogP) is 2.13. The maximum Gasteiger partial charge on any atom is 0.124 e. The van der Waals surface area contributed by atoms with E-state index >= 15 is 0 Å². The van der Waals surface area contributed by atoms with E-state index in [0.717, 1.165) is 17.8 Å². The van der Waals surface area contributed by atoms with Crippen LogP contribution in [0.2, 0.25) is 0 Å². The van der Waals surface area contributed by atoms with Gasteiger partial charge in [-0.1, -0.05) is 13.3 Å². The van der Waals surface area contributed by atoms with Crippen LogP contribution in [0.3, 0.4) is 0 Å². The van der Waals surface area contributed by atoms with E-state index in [1.54, 1.807) is 0 Å². The maximum absolute atomic E-state index is 5.83. The summed E-state index contributed by atoms with van der Waals surface area (Å²) in [6, 6.07) is 0.420. The van der Waals surface area contributed by atoms with Crippen molar-refractivity contribution in [2.75, 3.05) is 5.73 Å². The zero-order valence-electron chi connectivity index (χ0n) is 8.04. The number of nitrogens with two attached hydrogens (primary N) is 1. The molecule has 1 rings (SSSR count). The minimum absolute atomic E-state index is 0.420. The van der Waals surface area contributed by atoms with E-state index < -0.39 is 0 Å². The molecule has 12 heavy (non-hydrogen) atoms. The summed E-state index contributed by atoms with van der Waals surface area (Å²) in [7, 11) is 0. The van der Waals surface area contributed by atoms with Crippen molar-refractivity contribution in [2.24, 2.45) is 0 Å². The van der Waals surface area contributed by atoms with Gasteiger partial charge in [0, 0.05) is 5.56 Å². The second-order valence-electron chi connectivity index (χ2n) is 3.30. The van der Waals surface area contributed by atoms with Crippen LogP contribution >= 0.6 is 0 Å². The monoisotopic (exact) mass is 167 g/mol. The van der Waals surface area contributed by atoms with Gasteiger partial charge < -0.3 is 5.73 Å². The summed E-state index contributed by atoms with van der Waals surface area (Å²) in [5.41, 5.74) is 6.90. The first kappa shape index (κ1) is 9.10. The van der Waals surface area contributed by atoms with E-state index in [2.05, 4.69) is 18.9 Å². The van der Waals surface area contributed by atoms with Crippen molar-refractivity contribution in [3.05, 3.63) is 11.8 Å². The summed E-state index contributed by atoms with van der Waals surface area (Å²) in [6.45, 7) is 6.30. The van der Waals surface area contributed by atoms with Crippen LogP contribution in [0.25, 0.3) is 0 Å². The second-order valence-corrected chi connectivity index (χ2v) is 3.30. The zero-order valence-corrected chi connectivity index (χ0v) is 8.04. The summed E-state index contributed by atoms with van der Waals surface area (Å²) >= 11 is 0. The molecule has 0 aliphatic heterocycles. The lowest BCUT2D eigenvalue weighted by atomic mass is 10.2. The molecule has 68 valence electrons. The van der Waals surface area contributed by atoms with Gasteiger partial charge in [0.05, 0.1) is 12.2 Å². The topological polar surface area (TPSA) is 43.8 Å². The average molecular weight is 167 g/mol. The molecule has 1 aromatic rings. The highest BCUT2D eigenvalue weighted by atomic mass is 15.3. The normalized spacial score (nSPS) is 13.2. The Bertz CT molecular complexity index is 252. The summed E-state index contributed by atoms with van der Waals surface area (Å²) < 4.78 is 1.90. The SMILES string of the molecule is CCCC(C)n1ncc(C)c1N. The molecular weight excluding hydrogens is 150 g/mol. The molecule has 0 aliphatic carbocycles. The van der Waals surface area contributed by atoms with E-state index in [1.807, 2.05) is 17.8 Å². The van der Waals surface area contributed by atoms with Crippen molar-refractivity contribution in [1.82, 2.24) is 9.78 Å². The number of nitrogens with zero attached hydrogens (tertiary/aromatic N) is 2. The van der Waals surface area contributed by atoms with E-state index in [0.29, 0.717) is 6.04 Å². The molecule has 2 N–H and O–H groups in total. The zero-order chi connectivity index (χ0) is 9.14. The molecule has 0 radical (unpaired) electrons. The molecule has 0 bridgehead atoms. The van der Waals surface area contributed by atoms with Gasteiger partial charge in [-0.2, -0.15) is 5.10 Å². The average Bonchev–Trinajstić information content (AvgIpc) is 2.34.